The molecule has 0 bridgehead atoms. The number of pyridine rings is 1. The largest absolute Gasteiger partial charge is 0.457 e. The summed E-state index contributed by atoms with van der Waals surface area (Å²) < 4.78 is 4.96. The minimum absolute atomic E-state index is 0.294. The second-order valence-electron chi connectivity index (χ2n) is 4.04. The standard InChI is InChI=1S/C13H9ClN2O2S/c14-8-1-2-12(16-5-8)19-11-4-9-7(3-10(11)15)6-18-13(9)17/h1-5H,6,15H2. The molecule has 3 rings (SSSR count). The third-order valence-corrected chi connectivity index (χ3v) is 3.98. The molecule has 2 N–H and O–H groups in total. The monoisotopic (exact) mass is 292 g/mol. The van der Waals surface area contributed by atoms with Crippen LogP contribution in [0, 0.1) is 0 Å². The Kier molecular flexibility index (Phi) is 3.08. The molecule has 0 saturated heterocycles. The molecule has 19 heavy (non-hydrogen) atoms. The van der Waals surface area contributed by atoms with Gasteiger partial charge in [-0.05, 0) is 24.3 Å². The van der Waals surface area contributed by atoms with Gasteiger partial charge in [-0.1, -0.05) is 23.4 Å². The number of nitrogen functional groups attached to an aromatic ring is 1. The number of cyclic esters (lactones) is 1. The van der Waals surface area contributed by atoms with Crippen LogP contribution in [0.1, 0.15) is 15.9 Å². The molecule has 2 heterocycles. The van der Waals surface area contributed by atoms with E-state index in [1.807, 2.05) is 0 Å². The third kappa shape index (κ3) is 2.39. The second-order valence-corrected chi connectivity index (χ2v) is 5.54. The van der Waals surface area contributed by atoms with E-state index < -0.39 is 0 Å². The molecular weight excluding hydrogens is 284 g/mol. The highest BCUT2D eigenvalue weighted by molar-refractivity contribution is 7.99. The summed E-state index contributed by atoms with van der Waals surface area (Å²) in [5, 5.41) is 1.34. The zero-order valence-electron chi connectivity index (χ0n) is 9.72. The number of ether oxygens (including phenoxy) is 1. The predicted molar refractivity (Wildman–Crippen MR) is 73.3 cm³/mol. The van der Waals surface area contributed by atoms with Crippen LogP contribution in [0.15, 0.2) is 40.4 Å². The number of carbonyl (C=O) groups excluding carboxylic acids is 1. The number of carbonyl (C=O) groups is 1. The summed E-state index contributed by atoms with van der Waals surface area (Å²) in [7, 11) is 0. The number of anilines is 1. The summed E-state index contributed by atoms with van der Waals surface area (Å²) in [5.74, 6) is -0.305. The zero-order valence-corrected chi connectivity index (χ0v) is 11.3. The fourth-order valence-corrected chi connectivity index (χ4v) is 2.73. The first-order valence-electron chi connectivity index (χ1n) is 5.52. The van der Waals surface area contributed by atoms with Crippen molar-refractivity contribution in [3.63, 3.8) is 0 Å². The van der Waals surface area contributed by atoms with Crippen molar-refractivity contribution < 1.29 is 9.53 Å². The van der Waals surface area contributed by atoms with Crippen molar-refractivity contribution in [2.24, 2.45) is 0 Å². The zero-order chi connectivity index (χ0) is 13.4. The van der Waals surface area contributed by atoms with Gasteiger partial charge in [0, 0.05) is 22.3 Å². The molecule has 0 aliphatic carbocycles. The Morgan fingerprint density at radius 3 is 2.95 bits per heavy atom. The number of fused-ring (bicyclic) bond motifs is 1. The number of benzene rings is 1. The van der Waals surface area contributed by atoms with Crippen molar-refractivity contribution in [2.45, 2.75) is 16.5 Å². The Bertz CT molecular complexity index is 658. The first-order valence-corrected chi connectivity index (χ1v) is 6.72. The number of nitrogens with two attached hydrogens (primary N) is 1. The second kappa shape index (κ2) is 4.75. The average molecular weight is 293 g/mol. The van der Waals surface area contributed by atoms with Gasteiger partial charge in [0.2, 0.25) is 0 Å². The van der Waals surface area contributed by atoms with Crippen LogP contribution in [0.25, 0.3) is 0 Å². The Morgan fingerprint density at radius 2 is 2.21 bits per heavy atom. The van der Waals surface area contributed by atoms with Crippen LogP contribution in [0.4, 0.5) is 5.69 Å². The van der Waals surface area contributed by atoms with Gasteiger partial charge in [-0.15, -0.1) is 0 Å². The third-order valence-electron chi connectivity index (χ3n) is 2.73. The first-order chi connectivity index (χ1) is 9.13. The van der Waals surface area contributed by atoms with E-state index in [2.05, 4.69) is 4.98 Å². The topological polar surface area (TPSA) is 65.2 Å². The van der Waals surface area contributed by atoms with Crippen LogP contribution >= 0.6 is 23.4 Å². The van der Waals surface area contributed by atoms with Crippen LogP contribution in [0.3, 0.4) is 0 Å². The first kappa shape index (κ1) is 12.3. The van der Waals surface area contributed by atoms with Crippen molar-refractivity contribution in [3.8, 4) is 0 Å². The summed E-state index contributed by atoms with van der Waals surface area (Å²) in [6, 6.07) is 7.09. The van der Waals surface area contributed by atoms with Crippen molar-refractivity contribution in [1.29, 1.82) is 0 Å². The molecule has 0 radical (unpaired) electrons. The molecular formula is C13H9ClN2O2S. The molecule has 2 aromatic rings. The molecule has 1 aromatic carbocycles. The Hall–Kier alpha value is -1.72. The van der Waals surface area contributed by atoms with Crippen molar-refractivity contribution in [3.05, 3.63) is 46.6 Å². The Morgan fingerprint density at radius 1 is 1.37 bits per heavy atom. The van der Waals surface area contributed by atoms with Gasteiger partial charge < -0.3 is 10.5 Å². The number of rotatable bonds is 2. The molecule has 0 spiro atoms. The van der Waals surface area contributed by atoms with Crippen molar-refractivity contribution in [2.75, 3.05) is 5.73 Å². The molecule has 96 valence electrons. The van der Waals surface area contributed by atoms with E-state index in [1.165, 1.54) is 11.8 Å². The predicted octanol–water partition coefficient (Wildman–Crippen LogP) is 3.14. The maximum absolute atomic E-state index is 11.5. The van der Waals surface area contributed by atoms with Crippen LogP contribution in [-0.4, -0.2) is 11.0 Å². The summed E-state index contributed by atoms with van der Waals surface area (Å²) in [4.78, 5) is 16.5. The molecule has 4 nitrogen and oxygen atoms in total. The summed E-state index contributed by atoms with van der Waals surface area (Å²) in [6.07, 6.45) is 1.57. The number of halogens is 1. The molecule has 1 aliphatic heterocycles. The van der Waals surface area contributed by atoms with E-state index in [0.29, 0.717) is 22.9 Å². The van der Waals surface area contributed by atoms with E-state index in [4.69, 9.17) is 22.1 Å². The van der Waals surface area contributed by atoms with Crippen LogP contribution < -0.4 is 5.73 Å². The van der Waals surface area contributed by atoms with Gasteiger partial charge in [0.15, 0.2) is 0 Å². The molecule has 1 aromatic heterocycles. The van der Waals surface area contributed by atoms with Gasteiger partial charge in [0.05, 0.1) is 10.6 Å². The molecule has 0 atom stereocenters. The highest BCUT2D eigenvalue weighted by Crippen LogP contribution is 2.35. The normalized spacial score (nSPS) is 13.2. The lowest BCUT2D eigenvalue weighted by Crippen LogP contribution is -1.96. The lowest BCUT2D eigenvalue weighted by atomic mass is 10.1. The number of hydrogen-bond donors (Lipinski definition) is 1. The lowest BCUT2D eigenvalue weighted by molar-refractivity contribution is 0.0535. The number of aromatic nitrogens is 1. The van der Waals surface area contributed by atoms with E-state index in [0.717, 1.165) is 15.5 Å². The Labute approximate surface area is 118 Å². The van der Waals surface area contributed by atoms with Gasteiger partial charge >= 0.3 is 5.97 Å². The van der Waals surface area contributed by atoms with Gasteiger partial charge in [-0.3, -0.25) is 0 Å². The molecule has 6 heteroatoms. The van der Waals surface area contributed by atoms with Crippen LogP contribution in [0.5, 0.6) is 0 Å². The number of esters is 1. The SMILES string of the molecule is Nc1cc2c(cc1Sc1ccc(Cl)cn1)C(=O)OC2. The highest BCUT2D eigenvalue weighted by atomic mass is 35.5. The van der Waals surface area contributed by atoms with Crippen molar-refractivity contribution >= 4 is 35.0 Å². The smallest absolute Gasteiger partial charge is 0.338 e. The molecule has 0 unspecified atom stereocenters. The molecule has 0 amide bonds. The van der Waals surface area contributed by atoms with E-state index in [1.54, 1.807) is 30.5 Å². The highest BCUT2D eigenvalue weighted by Gasteiger charge is 2.23. The van der Waals surface area contributed by atoms with Gasteiger partial charge in [0.1, 0.15) is 11.6 Å². The van der Waals surface area contributed by atoms with Crippen LogP contribution in [-0.2, 0) is 11.3 Å². The van der Waals surface area contributed by atoms with Gasteiger partial charge in [-0.25, -0.2) is 9.78 Å². The van der Waals surface area contributed by atoms with E-state index in [-0.39, 0.29) is 5.97 Å². The molecule has 1 aliphatic rings. The maximum Gasteiger partial charge on any atom is 0.338 e. The van der Waals surface area contributed by atoms with E-state index in [9.17, 15) is 4.79 Å². The fourth-order valence-electron chi connectivity index (χ4n) is 1.80. The van der Waals surface area contributed by atoms with Gasteiger partial charge in [0.25, 0.3) is 0 Å². The lowest BCUT2D eigenvalue weighted by Gasteiger charge is -2.06. The summed E-state index contributed by atoms with van der Waals surface area (Å²) >= 11 is 7.17. The number of hydrogen-bond acceptors (Lipinski definition) is 5. The summed E-state index contributed by atoms with van der Waals surface area (Å²) in [5.41, 5.74) is 7.99. The molecule has 0 saturated carbocycles. The summed E-state index contributed by atoms with van der Waals surface area (Å²) in [6.45, 7) is 0.294. The van der Waals surface area contributed by atoms with Crippen LogP contribution in [0.2, 0.25) is 5.02 Å². The van der Waals surface area contributed by atoms with E-state index >= 15 is 0 Å². The molecule has 0 fully saturated rings. The quantitative estimate of drug-likeness (QED) is 0.680. The average Bonchev–Trinajstić information content (AvgIpc) is 2.74. The maximum atomic E-state index is 11.5. The number of nitrogens with zero attached hydrogens (tertiary/aromatic N) is 1. The Balaban J connectivity index is 1.95. The fraction of sp³-hybridized carbons (Fsp3) is 0.0769. The van der Waals surface area contributed by atoms with Crippen molar-refractivity contribution in [1.82, 2.24) is 4.98 Å². The van der Waals surface area contributed by atoms with Gasteiger partial charge in [-0.2, -0.15) is 0 Å². The minimum Gasteiger partial charge on any atom is -0.457 e. The minimum atomic E-state index is -0.305.